The zero-order chi connectivity index (χ0) is 16.6. The molecule has 3 heterocycles. The highest BCUT2D eigenvalue weighted by Gasteiger charge is 2.24. The maximum atomic E-state index is 12.4. The maximum absolute atomic E-state index is 12.4. The Morgan fingerprint density at radius 1 is 1.30 bits per heavy atom. The summed E-state index contributed by atoms with van der Waals surface area (Å²) >= 11 is 1.75. The summed E-state index contributed by atoms with van der Waals surface area (Å²) in [4.78, 5) is 20.6. The molecule has 1 N–H and O–H groups in total. The molecule has 1 aliphatic heterocycles. The first-order valence-electron chi connectivity index (χ1n) is 7.94. The second kappa shape index (κ2) is 6.31. The average Bonchev–Trinajstić information content (AvgIpc) is 3.02. The van der Waals surface area contributed by atoms with Crippen LogP contribution in [0.4, 0.5) is 5.13 Å². The van der Waals surface area contributed by atoms with Gasteiger partial charge in [0.1, 0.15) is 5.69 Å². The second-order valence-electron chi connectivity index (χ2n) is 6.17. The Balaban J connectivity index is 1.57. The van der Waals surface area contributed by atoms with Crippen LogP contribution in [-0.4, -0.2) is 39.8 Å². The fourth-order valence-corrected chi connectivity index (χ4v) is 3.85. The number of amides is 1. The number of nitrogens with zero attached hydrogens (tertiary/aromatic N) is 4. The lowest BCUT2D eigenvalue weighted by Crippen LogP contribution is -2.45. The number of aromatic nitrogens is 3. The predicted molar refractivity (Wildman–Crippen MR) is 92.2 cm³/mol. The monoisotopic (exact) mass is 333 g/mol. The molecule has 1 amide bonds. The second-order valence-corrected chi connectivity index (χ2v) is 7.35. The van der Waals surface area contributed by atoms with Crippen molar-refractivity contribution in [3.05, 3.63) is 28.0 Å². The summed E-state index contributed by atoms with van der Waals surface area (Å²) in [5.74, 6) is -0.0347. The quantitative estimate of drug-likeness (QED) is 0.935. The Bertz CT molecular complexity index is 693. The molecule has 124 valence electrons. The number of anilines is 1. The van der Waals surface area contributed by atoms with Gasteiger partial charge in [0.05, 0.1) is 11.4 Å². The fourth-order valence-electron chi connectivity index (χ4n) is 2.89. The molecule has 0 atom stereocenters. The van der Waals surface area contributed by atoms with Crippen molar-refractivity contribution in [1.82, 2.24) is 20.1 Å². The molecule has 3 rings (SSSR count). The fraction of sp³-hybridized carbons (Fsp3) is 0.562. The van der Waals surface area contributed by atoms with Crippen molar-refractivity contribution in [3.63, 3.8) is 0 Å². The van der Waals surface area contributed by atoms with Crippen LogP contribution in [0.25, 0.3) is 0 Å². The van der Waals surface area contributed by atoms with Gasteiger partial charge in [0, 0.05) is 31.1 Å². The summed E-state index contributed by atoms with van der Waals surface area (Å²) in [5.41, 5.74) is 2.60. The van der Waals surface area contributed by atoms with E-state index >= 15 is 0 Å². The molecule has 0 spiro atoms. The van der Waals surface area contributed by atoms with E-state index in [2.05, 4.69) is 34.1 Å². The van der Waals surface area contributed by atoms with Crippen molar-refractivity contribution < 1.29 is 4.79 Å². The van der Waals surface area contributed by atoms with Gasteiger partial charge in [-0.25, -0.2) is 4.98 Å². The van der Waals surface area contributed by atoms with Crippen molar-refractivity contribution in [1.29, 1.82) is 0 Å². The molecule has 2 aromatic heterocycles. The van der Waals surface area contributed by atoms with Crippen molar-refractivity contribution in [2.75, 3.05) is 18.0 Å². The van der Waals surface area contributed by atoms with E-state index in [-0.39, 0.29) is 11.9 Å². The zero-order valence-electron chi connectivity index (χ0n) is 14.1. The summed E-state index contributed by atoms with van der Waals surface area (Å²) in [5, 5.41) is 8.47. The number of nitrogens with one attached hydrogen (secondary N) is 1. The number of hydrogen-bond acceptors (Lipinski definition) is 5. The number of carbonyl (C=O) groups is 1. The van der Waals surface area contributed by atoms with Crippen molar-refractivity contribution in [2.24, 2.45) is 7.05 Å². The third-order valence-corrected chi connectivity index (χ3v) is 5.49. The van der Waals surface area contributed by atoms with Crippen molar-refractivity contribution in [3.8, 4) is 0 Å². The molecular weight excluding hydrogens is 310 g/mol. The SMILES string of the molecule is Cc1cc(C(=O)NC2CCN(c3nc(C)c(C)s3)CC2)n(C)n1. The Kier molecular flexibility index (Phi) is 4.39. The molecule has 0 saturated carbocycles. The van der Waals surface area contributed by atoms with Gasteiger partial charge in [-0.3, -0.25) is 9.48 Å². The highest BCUT2D eigenvalue weighted by molar-refractivity contribution is 7.15. The van der Waals surface area contributed by atoms with Crippen LogP contribution in [0.15, 0.2) is 6.07 Å². The van der Waals surface area contributed by atoms with Gasteiger partial charge in [0.25, 0.3) is 5.91 Å². The van der Waals surface area contributed by atoms with Crippen molar-refractivity contribution in [2.45, 2.75) is 39.7 Å². The molecule has 6 nitrogen and oxygen atoms in total. The lowest BCUT2D eigenvalue weighted by Gasteiger charge is -2.32. The lowest BCUT2D eigenvalue weighted by atomic mass is 10.1. The number of rotatable bonds is 3. The predicted octanol–water partition coefficient (Wildman–Crippen LogP) is 2.20. The van der Waals surface area contributed by atoms with Crippen LogP contribution in [0.1, 0.15) is 39.6 Å². The Morgan fingerprint density at radius 2 is 2.00 bits per heavy atom. The molecule has 0 aliphatic carbocycles. The summed E-state index contributed by atoms with van der Waals surface area (Å²) in [6, 6.07) is 2.04. The van der Waals surface area contributed by atoms with Crippen LogP contribution >= 0.6 is 11.3 Å². The van der Waals surface area contributed by atoms with E-state index in [0.29, 0.717) is 5.69 Å². The lowest BCUT2D eigenvalue weighted by molar-refractivity contribution is 0.0921. The first kappa shape index (κ1) is 16.0. The summed E-state index contributed by atoms with van der Waals surface area (Å²) in [6.45, 7) is 7.92. The molecule has 1 aliphatic rings. The van der Waals surface area contributed by atoms with E-state index in [9.17, 15) is 4.79 Å². The highest BCUT2D eigenvalue weighted by atomic mass is 32.1. The number of hydrogen-bond donors (Lipinski definition) is 1. The van der Waals surface area contributed by atoms with Gasteiger partial charge in [0.2, 0.25) is 0 Å². The molecule has 7 heteroatoms. The van der Waals surface area contributed by atoms with E-state index < -0.39 is 0 Å². The molecule has 2 aromatic rings. The number of piperidine rings is 1. The standard InChI is InChI=1S/C16H23N5OS/c1-10-9-14(20(4)19-10)15(22)18-13-5-7-21(8-6-13)16-17-11(2)12(3)23-16/h9,13H,5-8H2,1-4H3,(H,18,22). The minimum Gasteiger partial charge on any atom is -0.348 e. The van der Waals surface area contributed by atoms with Crippen LogP contribution in [0, 0.1) is 20.8 Å². The molecule has 23 heavy (non-hydrogen) atoms. The molecule has 0 radical (unpaired) electrons. The number of aryl methyl sites for hydroxylation is 4. The Hall–Kier alpha value is -1.89. The minimum atomic E-state index is -0.0347. The van der Waals surface area contributed by atoms with E-state index in [1.165, 1.54) is 4.88 Å². The average molecular weight is 333 g/mol. The zero-order valence-corrected chi connectivity index (χ0v) is 14.9. The van der Waals surface area contributed by atoms with Crippen LogP contribution in [0.5, 0.6) is 0 Å². The van der Waals surface area contributed by atoms with Gasteiger partial charge in [-0.15, -0.1) is 11.3 Å². The molecule has 0 aromatic carbocycles. The van der Waals surface area contributed by atoms with Crippen LogP contribution in [0.3, 0.4) is 0 Å². The Labute approximate surface area is 140 Å². The van der Waals surface area contributed by atoms with Gasteiger partial charge in [-0.05, 0) is 39.7 Å². The van der Waals surface area contributed by atoms with Crippen LogP contribution in [-0.2, 0) is 7.05 Å². The van der Waals surface area contributed by atoms with E-state index in [1.54, 1.807) is 23.1 Å². The van der Waals surface area contributed by atoms with Gasteiger partial charge < -0.3 is 10.2 Å². The van der Waals surface area contributed by atoms with Gasteiger partial charge in [-0.1, -0.05) is 0 Å². The molecule has 0 unspecified atom stereocenters. The summed E-state index contributed by atoms with van der Waals surface area (Å²) in [6.07, 6.45) is 1.89. The molecular formula is C16H23N5OS. The Morgan fingerprint density at radius 3 is 2.52 bits per heavy atom. The van der Waals surface area contributed by atoms with E-state index in [4.69, 9.17) is 0 Å². The van der Waals surface area contributed by atoms with Crippen LogP contribution in [0.2, 0.25) is 0 Å². The maximum Gasteiger partial charge on any atom is 0.269 e. The highest BCUT2D eigenvalue weighted by Crippen LogP contribution is 2.27. The molecule has 1 saturated heterocycles. The van der Waals surface area contributed by atoms with E-state index in [0.717, 1.165) is 42.5 Å². The first-order valence-corrected chi connectivity index (χ1v) is 8.76. The molecule has 1 fully saturated rings. The first-order chi connectivity index (χ1) is 10.9. The number of carbonyl (C=O) groups excluding carboxylic acids is 1. The van der Waals surface area contributed by atoms with Crippen LogP contribution < -0.4 is 10.2 Å². The minimum absolute atomic E-state index is 0.0347. The van der Waals surface area contributed by atoms with Gasteiger partial charge >= 0.3 is 0 Å². The topological polar surface area (TPSA) is 63.1 Å². The van der Waals surface area contributed by atoms with E-state index in [1.807, 2.05) is 13.0 Å². The number of thiazole rings is 1. The summed E-state index contributed by atoms with van der Waals surface area (Å²) < 4.78 is 1.64. The third kappa shape index (κ3) is 3.39. The normalized spacial score (nSPS) is 15.9. The third-order valence-electron chi connectivity index (χ3n) is 4.35. The summed E-state index contributed by atoms with van der Waals surface area (Å²) in [7, 11) is 1.80. The molecule has 0 bridgehead atoms. The largest absolute Gasteiger partial charge is 0.348 e. The smallest absolute Gasteiger partial charge is 0.269 e. The van der Waals surface area contributed by atoms with Crippen molar-refractivity contribution >= 4 is 22.4 Å². The van der Waals surface area contributed by atoms with Gasteiger partial charge in [-0.2, -0.15) is 5.10 Å². The van der Waals surface area contributed by atoms with Gasteiger partial charge in [0.15, 0.2) is 5.13 Å².